The zero-order valence-electron chi connectivity index (χ0n) is 11.1. The van der Waals surface area contributed by atoms with E-state index < -0.39 is 0 Å². The van der Waals surface area contributed by atoms with E-state index in [4.69, 9.17) is 4.74 Å². The van der Waals surface area contributed by atoms with Crippen LogP contribution in [0.25, 0.3) is 0 Å². The van der Waals surface area contributed by atoms with Crippen molar-refractivity contribution in [2.75, 3.05) is 13.1 Å². The number of morpholine rings is 1. The third-order valence-corrected chi connectivity index (χ3v) is 4.58. The van der Waals surface area contributed by atoms with Crippen molar-refractivity contribution in [2.24, 2.45) is 11.8 Å². The van der Waals surface area contributed by atoms with Crippen molar-refractivity contribution >= 4 is 0 Å². The van der Waals surface area contributed by atoms with Crippen LogP contribution in [0.4, 0.5) is 0 Å². The lowest BCUT2D eigenvalue weighted by molar-refractivity contribution is -0.141. The van der Waals surface area contributed by atoms with Crippen LogP contribution in [-0.4, -0.2) is 24.8 Å². The molecular formula is C14H27NO. The molecule has 1 spiro atoms. The van der Waals surface area contributed by atoms with E-state index in [1.54, 1.807) is 0 Å². The van der Waals surface area contributed by atoms with E-state index in [0.717, 1.165) is 31.3 Å². The minimum Gasteiger partial charge on any atom is -0.369 e. The summed E-state index contributed by atoms with van der Waals surface area (Å²) in [5, 5.41) is 3.57. The Balaban J connectivity index is 1.90. The molecule has 0 aromatic carbocycles. The zero-order chi connectivity index (χ0) is 11.6. The van der Waals surface area contributed by atoms with Crippen molar-refractivity contribution in [3.05, 3.63) is 0 Å². The van der Waals surface area contributed by atoms with Crippen molar-refractivity contribution in [3.63, 3.8) is 0 Å². The molecule has 1 aliphatic heterocycles. The van der Waals surface area contributed by atoms with Gasteiger partial charge in [0.15, 0.2) is 0 Å². The van der Waals surface area contributed by atoms with E-state index in [2.05, 4.69) is 26.1 Å². The summed E-state index contributed by atoms with van der Waals surface area (Å²) in [6.45, 7) is 9.07. The molecule has 2 nitrogen and oxygen atoms in total. The molecule has 2 fully saturated rings. The summed E-state index contributed by atoms with van der Waals surface area (Å²) in [4.78, 5) is 0. The Morgan fingerprint density at radius 3 is 2.56 bits per heavy atom. The highest BCUT2D eigenvalue weighted by Gasteiger charge is 2.40. The number of nitrogens with one attached hydrogen (secondary N) is 1. The van der Waals surface area contributed by atoms with E-state index in [9.17, 15) is 0 Å². The fourth-order valence-corrected chi connectivity index (χ4v) is 3.25. The summed E-state index contributed by atoms with van der Waals surface area (Å²) in [6, 6.07) is 0. The van der Waals surface area contributed by atoms with Gasteiger partial charge in [0.25, 0.3) is 0 Å². The van der Waals surface area contributed by atoms with Crippen LogP contribution in [0, 0.1) is 11.8 Å². The van der Waals surface area contributed by atoms with Crippen LogP contribution in [0.1, 0.15) is 52.9 Å². The van der Waals surface area contributed by atoms with Gasteiger partial charge in [-0.2, -0.15) is 0 Å². The third-order valence-electron chi connectivity index (χ3n) is 4.58. The van der Waals surface area contributed by atoms with E-state index in [1.807, 2.05) is 0 Å². The molecule has 2 aliphatic rings. The lowest BCUT2D eigenvalue weighted by Crippen LogP contribution is -2.55. The van der Waals surface area contributed by atoms with Crippen LogP contribution in [0.3, 0.4) is 0 Å². The number of rotatable bonds is 2. The Bertz CT molecular complexity index is 219. The minimum absolute atomic E-state index is 0.185. The average Bonchev–Trinajstić information content (AvgIpc) is 2.29. The van der Waals surface area contributed by atoms with Crippen LogP contribution < -0.4 is 5.32 Å². The van der Waals surface area contributed by atoms with Crippen LogP contribution in [-0.2, 0) is 4.74 Å². The Labute approximate surface area is 100 Å². The van der Waals surface area contributed by atoms with E-state index >= 15 is 0 Å². The molecule has 0 bridgehead atoms. The Hall–Kier alpha value is -0.0800. The van der Waals surface area contributed by atoms with Crippen LogP contribution in [0.2, 0.25) is 0 Å². The number of ether oxygens (including phenoxy) is 1. The molecule has 0 radical (unpaired) electrons. The quantitative estimate of drug-likeness (QED) is 0.780. The topological polar surface area (TPSA) is 21.3 Å². The monoisotopic (exact) mass is 225 g/mol. The molecule has 94 valence electrons. The number of hydrogen-bond donors (Lipinski definition) is 1. The maximum Gasteiger partial charge on any atom is 0.0810 e. The molecule has 1 saturated carbocycles. The normalized spacial score (nSPS) is 40.5. The Morgan fingerprint density at radius 2 is 2.00 bits per heavy atom. The van der Waals surface area contributed by atoms with Gasteiger partial charge in [0.1, 0.15) is 0 Å². The molecule has 2 heteroatoms. The van der Waals surface area contributed by atoms with Gasteiger partial charge >= 0.3 is 0 Å². The van der Waals surface area contributed by atoms with Gasteiger partial charge in [-0.3, -0.25) is 0 Å². The third kappa shape index (κ3) is 2.60. The lowest BCUT2D eigenvalue weighted by Gasteiger charge is -2.46. The van der Waals surface area contributed by atoms with Crippen molar-refractivity contribution in [3.8, 4) is 0 Å². The van der Waals surface area contributed by atoms with Gasteiger partial charge in [0, 0.05) is 13.1 Å². The van der Waals surface area contributed by atoms with E-state index in [1.165, 1.54) is 25.7 Å². The van der Waals surface area contributed by atoms with Crippen LogP contribution in [0.5, 0.6) is 0 Å². The van der Waals surface area contributed by atoms with Gasteiger partial charge in [-0.05, 0) is 43.9 Å². The first-order valence-corrected chi connectivity index (χ1v) is 7.04. The van der Waals surface area contributed by atoms with Crippen molar-refractivity contribution in [1.29, 1.82) is 0 Å². The van der Waals surface area contributed by atoms with Gasteiger partial charge in [0.2, 0.25) is 0 Å². The van der Waals surface area contributed by atoms with Gasteiger partial charge in [-0.1, -0.05) is 20.8 Å². The molecular weight excluding hydrogens is 198 g/mol. The van der Waals surface area contributed by atoms with Crippen LogP contribution >= 0.6 is 0 Å². The first-order valence-electron chi connectivity index (χ1n) is 7.04. The Kier molecular flexibility index (Phi) is 3.91. The predicted molar refractivity (Wildman–Crippen MR) is 67.6 cm³/mol. The van der Waals surface area contributed by atoms with Crippen molar-refractivity contribution in [1.82, 2.24) is 5.32 Å². The maximum atomic E-state index is 6.33. The highest BCUT2D eigenvalue weighted by molar-refractivity contribution is 4.93. The van der Waals surface area contributed by atoms with Gasteiger partial charge in [0.05, 0.1) is 11.7 Å². The Morgan fingerprint density at radius 1 is 1.31 bits per heavy atom. The van der Waals surface area contributed by atoms with Gasteiger partial charge in [-0.15, -0.1) is 0 Å². The smallest absolute Gasteiger partial charge is 0.0810 e. The molecule has 1 unspecified atom stereocenters. The minimum atomic E-state index is 0.185. The first-order chi connectivity index (χ1) is 7.65. The number of hydrogen-bond acceptors (Lipinski definition) is 2. The summed E-state index contributed by atoms with van der Waals surface area (Å²) < 4.78 is 6.33. The van der Waals surface area contributed by atoms with Gasteiger partial charge in [-0.25, -0.2) is 0 Å². The van der Waals surface area contributed by atoms with E-state index in [0.29, 0.717) is 6.10 Å². The predicted octanol–water partition coefficient (Wildman–Crippen LogP) is 2.97. The summed E-state index contributed by atoms with van der Waals surface area (Å²) in [7, 11) is 0. The lowest BCUT2D eigenvalue weighted by atomic mass is 9.74. The molecule has 1 saturated heterocycles. The van der Waals surface area contributed by atoms with Crippen molar-refractivity contribution in [2.45, 2.75) is 64.6 Å². The molecule has 0 aromatic heterocycles. The molecule has 16 heavy (non-hydrogen) atoms. The molecule has 1 atom stereocenters. The first kappa shape index (κ1) is 12.4. The molecule has 1 aliphatic carbocycles. The molecule has 1 N–H and O–H groups in total. The van der Waals surface area contributed by atoms with Crippen LogP contribution in [0.15, 0.2) is 0 Å². The van der Waals surface area contributed by atoms with Crippen molar-refractivity contribution < 1.29 is 4.74 Å². The zero-order valence-corrected chi connectivity index (χ0v) is 11.1. The maximum absolute atomic E-state index is 6.33. The van der Waals surface area contributed by atoms with Gasteiger partial charge < -0.3 is 10.1 Å². The molecule has 0 amide bonds. The standard InChI is InChI=1S/C14H27NO/c1-4-13-9-15-10-14(16-13)7-5-12(6-8-14)11(2)3/h11-13,15H,4-10H2,1-3H3. The molecule has 0 aromatic rings. The largest absolute Gasteiger partial charge is 0.369 e. The summed E-state index contributed by atoms with van der Waals surface area (Å²) in [5.74, 6) is 1.77. The SMILES string of the molecule is CCC1CNCC2(CCC(C(C)C)CC2)O1. The van der Waals surface area contributed by atoms with E-state index in [-0.39, 0.29) is 5.60 Å². The average molecular weight is 225 g/mol. The fourth-order valence-electron chi connectivity index (χ4n) is 3.25. The second-order valence-electron chi connectivity index (χ2n) is 6.04. The summed E-state index contributed by atoms with van der Waals surface area (Å²) in [6.07, 6.45) is 6.83. The second kappa shape index (κ2) is 5.05. The molecule has 1 heterocycles. The fraction of sp³-hybridized carbons (Fsp3) is 1.00. The highest BCUT2D eigenvalue weighted by Crippen LogP contribution is 2.39. The summed E-state index contributed by atoms with van der Waals surface area (Å²) in [5.41, 5.74) is 0.185. The highest BCUT2D eigenvalue weighted by atomic mass is 16.5. The molecule has 2 rings (SSSR count). The summed E-state index contributed by atoms with van der Waals surface area (Å²) >= 11 is 0. The second-order valence-corrected chi connectivity index (χ2v) is 6.04.